The smallest absolute Gasteiger partial charge is 0.267 e. The third-order valence-corrected chi connectivity index (χ3v) is 3.65. The molecule has 2 aromatic rings. The van der Waals surface area contributed by atoms with E-state index in [1.54, 1.807) is 11.4 Å². The van der Waals surface area contributed by atoms with E-state index in [1.807, 2.05) is 24.3 Å². The van der Waals surface area contributed by atoms with E-state index in [1.165, 1.54) is 11.3 Å². The molecule has 1 aromatic carbocycles. The van der Waals surface area contributed by atoms with Crippen molar-refractivity contribution < 1.29 is 4.79 Å². The first-order valence-corrected chi connectivity index (χ1v) is 6.30. The molecule has 0 radical (unpaired) electrons. The number of anilines is 1. The molecule has 0 spiro atoms. The van der Waals surface area contributed by atoms with Gasteiger partial charge in [-0.15, -0.1) is 11.3 Å². The van der Waals surface area contributed by atoms with Gasteiger partial charge in [0, 0.05) is 12.2 Å². The molecular formula is C12H11ClN2OS. The topological polar surface area (TPSA) is 55.1 Å². The average molecular weight is 267 g/mol. The molecule has 0 bridgehead atoms. The number of para-hydroxylation sites is 1. The fourth-order valence-electron chi connectivity index (χ4n) is 1.46. The van der Waals surface area contributed by atoms with Gasteiger partial charge in [0.15, 0.2) is 0 Å². The number of rotatable bonds is 3. The second-order valence-electron chi connectivity index (χ2n) is 3.41. The van der Waals surface area contributed by atoms with Crippen LogP contribution in [0.1, 0.15) is 15.2 Å². The van der Waals surface area contributed by atoms with Crippen molar-refractivity contribution in [3.63, 3.8) is 0 Å². The van der Waals surface area contributed by atoms with Crippen LogP contribution in [-0.2, 0) is 6.54 Å². The van der Waals surface area contributed by atoms with Crippen molar-refractivity contribution in [1.29, 1.82) is 0 Å². The molecule has 0 aliphatic carbocycles. The maximum atomic E-state index is 11.9. The Kier molecular flexibility index (Phi) is 3.78. The van der Waals surface area contributed by atoms with E-state index in [4.69, 9.17) is 17.3 Å². The van der Waals surface area contributed by atoms with Crippen LogP contribution in [0.4, 0.5) is 5.69 Å². The summed E-state index contributed by atoms with van der Waals surface area (Å²) in [5, 5.41) is 5.07. The zero-order chi connectivity index (χ0) is 12.3. The maximum absolute atomic E-state index is 11.9. The number of carbonyl (C=O) groups is 1. The van der Waals surface area contributed by atoms with E-state index in [0.29, 0.717) is 16.4 Å². The summed E-state index contributed by atoms with van der Waals surface area (Å²) in [6, 6.07) is 9.14. The number of nitrogens with one attached hydrogen (secondary N) is 1. The van der Waals surface area contributed by atoms with Crippen molar-refractivity contribution >= 4 is 34.5 Å². The molecule has 3 N–H and O–H groups in total. The molecule has 17 heavy (non-hydrogen) atoms. The highest BCUT2D eigenvalue weighted by atomic mass is 35.5. The highest BCUT2D eigenvalue weighted by Gasteiger charge is 2.12. The molecule has 0 saturated carbocycles. The van der Waals surface area contributed by atoms with Crippen molar-refractivity contribution in [1.82, 2.24) is 0 Å². The number of hydrogen-bond donors (Lipinski definition) is 2. The zero-order valence-corrected chi connectivity index (χ0v) is 10.5. The van der Waals surface area contributed by atoms with Crippen LogP contribution in [0, 0.1) is 0 Å². The molecule has 2 rings (SSSR count). The van der Waals surface area contributed by atoms with Gasteiger partial charge in [0.25, 0.3) is 5.91 Å². The lowest BCUT2D eigenvalue weighted by Gasteiger charge is -2.08. The minimum Gasteiger partial charge on any atom is -0.326 e. The van der Waals surface area contributed by atoms with Gasteiger partial charge in [0.2, 0.25) is 0 Å². The van der Waals surface area contributed by atoms with Gasteiger partial charge in [-0.1, -0.05) is 29.8 Å². The second-order valence-corrected chi connectivity index (χ2v) is 4.74. The van der Waals surface area contributed by atoms with Crippen molar-refractivity contribution in [3.05, 3.63) is 51.2 Å². The molecule has 1 aromatic heterocycles. The number of carbonyl (C=O) groups excluding carboxylic acids is 1. The molecule has 88 valence electrons. The summed E-state index contributed by atoms with van der Waals surface area (Å²) >= 11 is 7.21. The standard InChI is InChI=1S/C12H11ClN2OS/c13-9-5-6-17-11(9)12(16)15-10-4-2-1-3-8(10)7-14/h1-6H,7,14H2,(H,15,16). The van der Waals surface area contributed by atoms with Crippen LogP contribution in [0.15, 0.2) is 35.7 Å². The van der Waals surface area contributed by atoms with Crippen LogP contribution in [0.2, 0.25) is 5.02 Å². The molecule has 0 aliphatic rings. The third-order valence-electron chi connectivity index (χ3n) is 2.31. The van der Waals surface area contributed by atoms with Gasteiger partial charge >= 0.3 is 0 Å². The Balaban J connectivity index is 2.22. The predicted octanol–water partition coefficient (Wildman–Crippen LogP) is 3.11. The first-order valence-electron chi connectivity index (χ1n) is 5.04. The molecule has 0 aliphatic heterocycles. The quantitative estimate of drug-likeness (QED) is 0.897. The van der Waals surface area contributed by atoms with Crippen LogP contribution in [0.3, 0.4) is 0 Å². The van der Waals surface area contributed by atoms with Crippen LogP contribution in [0.5, 0.6) is 0 Å². The summed E-state index contributed by atoms with van der Waals surface area (Å²) in [6.07, 6.45) is 0. The van der Waals surface area contributed by atoms with E-state index in [2.05, 4.69) is 5.32 Å². The van der Waals surface area contributed by atoms with Crippen LogP contribution < -0.4 is 11.1 Å². The SMILES string of the molecule is NCc1ccccc1NC(=O)c1sccc1Cl. The first-order chi connectivity index (χ1) is 8.22. The highest BCUT2D eigenvalue weighted by molar-refractivity contribution is 7.12. The Morgan fingerprint density at radius 1 is 1.35 bits per heavy atom. The molecular weight excluding hydrogens is 256 g/mol. The number of benzene rings is 1. The van der Waals surface area contributed by atoms with Crippen LogP contribution in [0.25, 0.3) is 0 Å². The molecule has 1 amide bonds. The Hall–Kier alpha value is -1.36. The summed E-state index contributed by atoms with van der Waals surface area (Å²) in [5.74, 6) is -0.203. The molecule has 1 heterocycles. The van der Waals surface area contributed by atoms with E-state index >= 15 is 0 Å². The molecule has 0 saturated heterocycles. The van der Waals surface area contributed by atoms with Gasteiger partial charge in [-0.05, 0) is 23.1 Å². The highest BCUT2D eigenvalue weighted by Crippen LogP contribution is 2.24. The van der Waals surface area contributed by atoms with E-state index in [0.717, 1.165) is 11.3 Å². The Morgan fingerprint density at radius 3 is 2.76 bits per heavy atom. The van der Waals surface area contributed by atoms with Gasteiger partial charge in [-0.25, -0.2) is 0 Å². The fraction of sp³-hybridized carbons (Fsp3) is 0.0833. The maximum Gasteiger partial charge on any atom is 0.267 e. The van der Waals surface area contributed by atoms with E-state index in [-0.39, 0.29) is 5.91 Å². The Morgan fingerprint density at radius 2 is 2.12 bits per heavy atom. The number of hydrogen-bond acceptors (Lipinski definition) is 3. The lowest BCUT2D eigenvalue weighted by Crippen LogP contribution is -2.13. The number of amides is 1. The van der Waals surface area contributed by atoms with Crippen molar-refractivity contribution in [3.8, 4) is 0 Å². The summed E-state index contributed by atoms with van der Waals surface area (Å²) in [6.45, 7) is 0.384. The minimum absolute atomic E-state index is 0.203. The number of thiophene rings is 1. The van der Waals surface area contributed by atoms with Gasteiger partial charge < -0.3 is 11.1 Å². The Labute approximate surface area is 108 Å². The van der Waals surface area contributed by atoms with Gasteiger partial charge in [0.1, 0.15) is 4.88 Å². The molecule has 3 nitrogen and oxygen atoms in total. The van der Waals surface area contributed by atoms with Gasteiger partial charge in [-0.2, -0.15) is 0 Å². The number of nitrogens with two attached hydrogens (primary N) is 1. The second kappa shape index (κ2) is 5.31. The van der Waals surface area contributed by atoms with E-state index < -0.39 is 0 Å². The van der Waals surface area contributed by atoms with Crippen LogP contribution >= 0.6 is 22.9 Å². The van der Waals surface area contributed by atoms with Crippen molar-refractivity contribution in [2.45, 2.75) is 6.54 Å². The van der Waals surface area contributed by atoms with Gasteiger partial charge in [-0.3, -0.25) is 4.79 Å². The lowest BCUT2D eigenvalue weighted by atomic mass is 10.2. The summed E-state index contributed by atoms with van der Waals surface area (Å²) in [5.41, 5.74) is 7.22. The van der Waals surface area contributed by atoms with Crippen molar-refractivity contribution in [2.24, 2.45) is 5.73 Å². The molecule has 0 atom stereocenters. The third kappa shape index (κ3) is 2.66. The minimum atomic E-state index is -0.203. The average Bonchev–Trinajstić information content (AvgIpc) is 2.76. The van der Waals surface area contributed by atoms with Crippen LogP contribution in [-0.4, -0.2) is 5.91 Å². The Bertz CT molecular complexity index is 539. The molecule has 5 heteroatoms. The predicted molar refractivity (Wildman–Crippen MR) is 71.6 cm³/mol. The lowest BCUT2D eigenvalue weighted by molar-refractivity contribution is 0.103. The summed E-state index contributed by atoms with van der Waals surface area (Å²) in [4.78, 5) is 12.5. The normalized spacial score (nSPS) is 10.2. The monoisotopic (exact) mass is 266 g/mol. The fourth-order valence-corrected chi connectivity index (χ4v) is 2.49. The first kappa shape index (κ1) is 12.1. The molecule has 0 unspecified atom stereocenters. The van der Waals surface area contributed by atoms with E-state index in [9.17, 15) is 4.79 Å². The molecule has 0 fully saturated rings. The van der Waals surface area contributed by atoms with Gasteiger partial charge in [0.05, 0.1) is 5.02 Å². The summed E-state index contributed by atoms with van der Waals surface area (Å²) in [7, 11) is 0. The largest absolute Gasteiger partial charge is 0.326 e. The number of halogens is 1. The summed E-state index contributed by atoms with van der Waals surface area (Å²) < 4.78 is 0. The van der Waals surface area contributed by atoms with Crippen molar-refractivity contribution in [2.75, 3.05) is 5.32 Å². The zero-order valence-electron chi connectivity index (χ0n) is 8.94.